The number of halogens is 1. The molecule has 0 saturated carbocycles. The van der Waals surface area contributed by atoms with Gasteiger partial charge in [0.1, 0.15) is 0 Å². The van der Waals surface area contributed by atoms with Crippen molar-refractivity contribution in [1.29, 1.82) is 0 Å². The number of fused-ring (bicyclic) bond motifs is 1. The van der Waals surface area contributed by atoms with E-state index in [1.807, 2.05) is 30.3 Å². The van der Waals surface area contributed by atoms with E-state index < -0.39 is 0 Å². The van der Waals surface area contributed by atoms with Crippen LogP contribution < -0.4 is 5.32 Å². The van der Waals surface area contributed by atoms with E-state index in [1.54, 1.807) is 6.20 Å². The average molecular weight is 291 g/mol. The summed E-state index contributed by atoms with van der Waals surface area (Å²) in [5.41, 5.74) is 1.52. The Morgan fingerprint density at radius 2 is 2.20 bits per heavy atom. The lowest BCUT2D eigenvalue weighted by Crippen LogP contribution is -2.29. The van der Waals surface area contributed by atoms with E-state index in [-0.39, 0.29) is 5.91 Å². The van der Waals surface area contributed by atoms with Crippen LogP contribution in [0.3, 0.4) is 0 Å². The van der Waals surface area contributed by atoms with E-state index in [4.69, 9.17) is 11.6 Å². The maximum atomic E-state index is 12.3. The molecule has 1 aromatic carbocycles. The Balaban J connectivity index is 2.11. The second kappa shape index (κ2) is 7.25. The van der Waals surface area contributed by atoms with Crippen molar-refractivity contribution in [1.82, 2.24) is 10.3 Å². The molecule has 1 unspecified atom stereocenters. The maximum absolute atomic E-state index is 12.3. The zero-order valence-corrected chi connectivity index (χ0v) is 12.4. The number of alkyl halides is 1. The number of nitrogens with zero attached hydrogens (tertiary/aromatic N) is 1. The number of nitrogens with one attached hydrogen (secondary N) is 1. The van der Waals surface area contributed by atoms with Crippen LogP contribution in [0.1, 0.15) is 30.1 Å². The maximum Gasteiger partial charge on any atom is 0.251 e. The van der Waals surface area contributed by atoms with Gasteiger partial charge in [-0.3, -0.25) is 9.78 Å². The van der Waals surface area contributed by atoms with Crippen molar-refractivity contribution in [3.8, 4) is 0 Å². The van der Waals surface area contributed by atoms with Crippen molar-refractivity contribution < 1.29 is 4.79 Å². The van der Waals surface area contributed by atoms with Gasteiger partial charge in [0.2, 0.25) is 0 Å². The van der Waals surface area contributed by atoms with Crippen LogP contribution in [0.2, 0.25) is 0 Å². The van der Waals surface area contributed by atoms with Crippen LogP contribution in [0.25, 0.3) is 10.9 Å². The van der Waals surface area contributed by atoms with Gasteiger partial charge in [0.25, 0.3) is 5.91 Å². The molecule has 3 nitrogen and oxygen atoms in total. The lowest BCUT2D eigenvalue weighted by atomic mass is 10.0. The first-order valence-corrected chi connectivity index (χ1v) is 7.47. The number of carbonyl (C=O) groups is 1. The molecule has 0 bridgehead atoms. The first-order valence-electron chi connectivity index (χ1n) is 6.94. The van der Waals surface area contributed by atoms with E-state index >= 15 is 0 Å². The molecule has 0 radical (unpaired) electrons. The van der Waals surface area contributed by atoms with E-state index in [0.717, 1.165) is 23.7 Å². The van der Waals surface area contributed by atoms with Crippen molar-refractivity contribution in [2.45, 2.75) is 19.8 Å². The molecule has 4 heteroatoms. The second-order valence-electron chi connectivity index (χ2n) is 4.84. The fourth-order valence-corrected chi connectivity index (χ4v) is 2.55. The lowest BCUT2D eigenvalue weighted by molar-refractivity contribution is 0.0948. The highest BCUT2D eigenvalue weighted by Crippen LogP contribution is 2.16. The van der Waals surface area contributed by atoms with Crippen molar-refractivity contribution >= 4 is 28.4 Å². The van der Waals surface area contributed by atoms with E-state index in [0.29, 0.717) is 23.9 Å². The average Bonchev–Trinajstić information content (AvgIpc) is 2.50. The van der Waals surface area contributed by atoms with Crippen LogP contribution in [0.5, 0.6) is 0 Å². The number of benzene rings is 1. The van der Waals surface area contributed by atoms with Crippen molar-refractivity contribution in [3.05, 3.63) is 42.1 Å². The summed E-state index contributed by atoms with van der Waals surface area (Å²) >= 11 is 5.76. The minimum atomic E-state index is -0.0448. The molecule has 1 atom stereocenters. The number of amides is 1. The molecule has 0 spiro atoms. The second-order valence-corrected chi connectivity index (χ2v) is 5.22. The highest BCUT2D eigenvalue weighted by Gasteiger charge is 2.12. The highest BCUT2D eigenvalue weighted by molar-refractivity contribution is 6.17. The summed E-state index contributed by atoms with van der Waals surface area (Å²) in [5, 5.41) is 3.89. The molecule has 0 aliphatic carbocycles. The van der Waals surface area contributed by atoms with E-state index in [9.17, 15) is 4.79 Å². The van der Waals surface area contributed by atoms with Gasteiger partial charge < -0.3 is 5.32 Å². The first kappa shape index (κ1) is 14.8. The van der Waals surface area contributed by atoms with E-state index in [1.165, 1.54) is 0 Å². The standard InChI is InChI=1S/C16H19ClN2O/c1-2-12(8-9-17)11-19-16(20)14-5-3-7-15-13(14)6-4-10-18-15/h3-7,10,12H,2,8-9,11H2,1H3,(H,19,20). The minimum absolute atomic E-state index is 0.0448. The molecule has 2 rings (SSSR count). The summed E-state index contributed by atoms with van der Waals surface area (Å²) < 4.78 is 0. The number of hydrogen-bond acceptors (Lipinski definition) is 2. The summed E-state index contributed by atoms with van der Waals surface area (Å²) in [6, 6.07) is 9.38. The van der Waals surface area contributed by atoms with Gasteiger partial charge in [0, 0.05) is 29.6 Å². The Hall–Kier alpha value is -1.61. The van der Waals surface area contributed by atoms with Crippen LogP contribution in [0.4, 0.5) is 0 Å². The fraction of sp³-hybridized carbons (Fsp3) is 0.375. The molecule has 1 amide bonds. The Morgan fingerprint density at radius 3 is 2.95 bits per heavy atom. The Morgan fingerprint density at radius 1 is 1.35 bits per heavy atom. The lowest BCUT2D eigenvalue weighted by Gasteiger charge is -2.14. The summed E-state index contributed by atoms with van der Waals surface area (Å²) in [4.78, 5) is 16.6. The molecule has 0 fully saturated rings. The number of carbonyl (C=O) groups excluding carboxylic acids is 1. The SMILES string of the molecule is CCC(CCCl)CNC(=O)c1cccc2ncccc12. The fourth-order valence-electron chi connectivity index (χ4n) is 2.24. The Kier molecular flexibility index (Phi) is 5.36. The molecule has 106 valence electrons. The minimum Gasteiger partial charge on any atom is -0.352 e. The molecule has 1 heterocycles. The molecular formula is C16H19ClN2O. The smallest absolute Gasteiger partial charge is 0.251 e. The number of rotatable bonds is 6. The van der Waals surface area contributed by atoms with Crippen molar-refractivity contribution in [2.24, 2.45) is 5.92 Å². The number of pyridine rings is 1. The molecule has 20 heavy (non-hydrogen) atoms. The normalized spacial score (nSPS) is 12.3. The molecule has 0 saturated heterocycles. The molecule has 1 aromatic heterocycles. The zero-order chi connectivity index (χ0) is 14.4. The third-order valence-electron chi connectivity index (χ3n) is 3.54. The summed E-state index contributed by atoms with van der Waals surface area (Å²) in [7, 11) is 0. The van der Waals surface area contributed by atoms with Gasteiger partial charge in [0.05, 0.1) is 5.52 Å². The van der Waals surface area contributed by atoms with Gasteiger partial charge in [-0.05, 0) is 30.5 Å². The largest absolute Gasteiger partial charge is 0.352 e. The highest BCUT2D eigenvalue weighted by atomic mass is 35.5. The number of aromatic nitrogens is 1. The van der Waals surface area contributed by atoms with E-state index in [2.05, 4.69) is 17.2 Å². The molecule has 2 aromatic rings. The van der Waals surface area contributed by atoms with Crippen molar-refractivity contribution in [2.75, 3.05) is 12.4 Å². The van der Waals surface area contributed by atoms with Crippen LogP contribution in [0, 0.1) is 5.92 Å². The van der Waals surface area contributed by atoms with Crippen LogP contribution in [-0.4, -0.2) is 23.3 Å². The monoisotopic (exact) mass is 290 g/mol. The van der Waals surface area contributed by atoms with Gasteiger partial charge in [-0.25, -0.2) is 0 Å². The summed E-state index contributed by atoms with van der Waals surface area (Å²) in [5.74, 6) is 1.02. The summed E-state index contributed by atoms with van der Waals surface area (Å²) in [6.45, 7) is 2.78. The van der Waals surface area contributed by atoms with Crippen LogP contribution in [0.15, 0.2) is 36.5 Å². The van der Waals surface area contributed by atoms with Crippen LogP contribution in [-0.2, 0) is 0 Å². The molecule has 1 N–H and O–H groups in total. The topological polar surface area (TPSA) is 42.0 Å². The number of hydrogen-bond donors (Lipinski definition) is 1. The van der Waals surface area contributed by atoms with Gasteiger partial charge in [-0.2, -0.15) is 0 Å². The van der Waals surface area contributed by atoms with Gasteiger partial charge in [-0.1, -0.05) is 25.5 Å². The van der Waals surface area contributed by atoms with Crippen LogP contribution >= 0.6 is 11.6 Å². The Labute approximate surface area is 124 Å². The molecular weight excluding hydrogens is 272 g/mol. The predicted octanol–water partition coefficient (Wildman–Crippen LogP) is 3.62. The van der Waals surface area contributed by atoms with Gasteiger partial charge in [-0.15, -0.1) is 11.6 Å². The third kappa shape index (κ3) is 3.48. The quantitative estimate of drug-likeness (QED) is 0.826. The predicted molar refractivity (Wildman–Crippen MR) is 83.2 cm³/mol. The van der Waals surface area contributed by atoms with Gasteiger partial charge >= 0.3 is 0 Å². The van der Waals surface area contributed by atoms with Gasteiger partial charge in [0.15, 0.2) is 0 Å². The third-order valence-corrected chi connectivity index (χ3v) is 3.75. The Bertz CT molecular complexity index is 580. The first-order chi connectivity index (χ1) is 9.76. The van der Waals surface area contributed by atoms with Crippen molar-refractivity contribution in [3.63, 3.8) is 0 Å². The summed E-state index contributed by atoms with van der Waals surface area (Å²) in [6.07, 6.45) is 3.68. The molecule has 0 aliphatic heterocycles. The zero-order valence-electron chi connectivity index (χ0n) is 11.6. The molecule has 0 aliphatic rings.